The van der Waals surface area contributed by atoms with Crippen LogP contribution in [0.15, 0.2) is 23.3 Å². The van der Waals surface area contributed by atoms with Crippen LogP contribution in [-0.4, -0.2) is 25.2 Å². The molecule has 2 rings (SSSR count). The molecule has 0 N–H and O–H groups in total. The van der Waals surface area contributed by atoms with Crippen molar-refractivity contribution in [1.82, 2.24) is 0 Å². The van der Waals surface area contributed by atoms with Gasteiger partial charge in [0.05, 0.1) is 13.2 Å². The quantitative estimate of drug-likeness (QED) is 0.449. The molecule has 0 saturated heterocycles. The van der Waals surface area contributed by atoms with Gasteiger partial charge in [0, 0.05) is 5.92 Å². The van der Waals surface area contributed by atoms with Gasteiger partial charge in [-0.25, -0.2) is 0 Å². The van der Waals surface area contributed by atoms with Crippen molar-refractivity contribution in [2.24, 2.45) is 16.7 Å². The van der Waals surface area contributed by atoms with Crippen molar-refractivity contribution in [2.75, 3.05) is 13.2 Å². The first kappa shape index (κ1) is 17.8. The Hall–Kier alpha value is -1.58. The molecule has 0 heterocycles. The standard InChI is InChI=1S/C19H28O4/c1-6-22-16(20)19(17(21)23-7-2)11-14-10-18(4,5)9-8-13(3)15(14)12-19/h8,10,15H,6-7,9,11-12H2,1-5H3. The first-order valence-corrected chi connectivity index (χ1v) is 8.48. The lowest BCUT2D eigenvalue weighted by atomic mass is 9.83. The van der Waals surface area contributed by atoms with Crippen LogP contribution in [0.25, 0.3) is 0 Å². The molecule has 1 unspecified atom stereocenters. The third-order valence-corrected chi connectivity index (χ3v) is 4.91. The van der Waals surface area contributed by atoms with Crippen molar-refractivity contribution in [1.29, 1.82) is 0 Å². The van der Waals surface area contributed by atoms with Crippen molar-refractivity contribution in [2.45, 2.75) is 53.9 Å². The van der Waals surface area contributed by atoms with E-state index >= 15 is 0 Å². The van der Waals surface area contributed by atoms with Gasteiger partial charge in [-0.05, 0) is 45.4 Å². The third-order valence-electron chi connectivity index (χ3n) is 4.91. The fourth-order valence-electron chi connectivity index (χ4n) is 3.69. The Bertz CT molecular complexity index is 536. The lowest BCUT2D eigenvalue weighted by Crippen LogP contribution is -2.40. The number of hydrogen-bond acceptors (Lipinski definition) is 4. The maximum Gasteiger partial charge on any atom is 0.323 e. The molecule has 2 aliphatic carbocycles. The first-order valence-electron chi connectivity index (χ1n) is 8.48. The van der Waals surface area contributed by atoms with Crippen LogP contribution in [0.3, 0.4) is 0 Å². The molecule has 0 amide bonds. The zero-order valence-corrected chi connectivity index (χ0v) is 14.9. The van der Waals surface area contributed by atoms with E-state index in [4.69, 9.17) is 9.47 Å². The van der Waals surface area contributed by atoms with Crippen LogP contribution in [-0.2, 0) is 19.1 Å². The largest absolute Gasteiger partial charge is 0.465 e. The molecule has 1 saturated carbocycles. The van der Waals surface area contributed by atoms with Crippen LogP contribution in [0, 0.1) is 16.7 Å². The number of rotatable bonds is 4. The SMILES string of the molecule is CCOC(=O)C1(C(=O)OCC)CC2=CC(C)(C)CC=C(C)C2C1. The average molecular weight is 320 g/mol. The predicted molar refractivity (Wildman–Crippen MR) is 88.7 cm³/mol. The first-order chi connectivity index (χ1) is 10.8. The fourth-order valence-corrected chi connectivity index (χ4v) is 3.69. The normalized spacial score (nSPS) is 24.8. The maximum absolute atomic E-state index is 12.6. The van der Waals surface area contributed by atoms with Gasteiger partial charge in [0.1, 0.15) is 0 Å². The van der Waals surface area contributed by atoms with Crippen LogP contribution in [0.5, 0.6) is 0 Å². The second-order valence-electron chi connectivity index (χ2n) is 7.32. The van der Waals surface area contributed by atoms with E-state index in [1.807, 2.05) is 0 Å². The molecule has 128 valence electrons. The predicted octanol–water partition coefficient (Wildman–Crippen LogP) is 3.81. The van der Waals surface area contributed by atoms with Crippen molar-refractivity contribution in [3.05, 3.63) is 23.3 Å². The third kappa shape index (κ3) is 3.36. The molecule has 4 nitrogen and oxygen atoms in total. The Balaban J connectivity index is 2.44. The summed E-state index contributed by atoms with van der Waals surface area (Å²) in [5, 5.41) is 0. The number of fused-ring (bicyclic) bond motifs is 1. The molecule has 0 aromatic carbocycles. The molecule has 0 aromatic rings. The van der Waals surface area contributed by atoms with Crippen LogP contribution in [0.1, 0.15) is 53.9 Å². The summed E-state index contributed by atoms with van der Waals surface area (Å²) in [6.45, 7) is 10.5. The Morgan fingerprint density at radius 2 is 1.74 bits per heavy atom. The summed E-state index contributed by atoms with van der Waals surface area (Å²) in [7, 11) is 0. The molecule has 0 aliphatic heterocycles. The minimum atomic E-state index is -1.19. The number of ether oxygens (including phenoxy) is 2. The Kier molecular flexibility index (Phi) is 5.02. The van der Waals surface area contributed by atoms with E-state index < -0.39 is 17.4 Å². The highest BCUT2D eigenvalue weighted by molar-refractivity contribution is 6.01. The maximum atomic E-state index is 12.6. The zero-order valence-electron chi connectivity index (χ0n) is 14.9. The number of hydrogen-bond donors (Lipinski definition) is 0. The van der Waals surface area contributed by atoms with E-state index in [0.717, 1.165) is 6.42 Å². The van der Waals surface area contributed by atoms with Crippen LogP contribution in [0.2, 0.25) is 0 Å². The second kappa shape index (κ2) is 6.50. The summed E-state index contributed by atoms with van der Waals surface area (Å²) in [6, 6.07) is 0. The smallest absolute Gasteiger partial charge is 0.323 e. The highest BCUT2D eigenvalue weighted by atomic mass is 16.6. The molecule has 2 aliphatic rings. The van der Waals surface area contributed by atoms with Crippen molar-refractivity contribution < 1.29 is 19.1 Å². The highest BCUT2D eigenvalue weighted by Gasteiger charge is 2.56. The van der Waals surface area contributed by atoms with Gasteiger partial charge in [0.15, 0.2) is 5.41 Å². The van der Waals surface area contributed by atoms with Gasteiger partial charge in [-0.3, -0.25) is 9.59 Å². The van der Waals surface area contributed by atoms with E-state index in [9.17, 15) is 9.59 Å². The number of carbonyl (C=O) groups is 2. The molecule has 0 bridgehead atoms. The minimum Gasteiger partial charge on any atom is -0.465 e. The minimum absolute atomic E-state index is 0.0325. The molecule has 1 atom stereocenters. The molecular formula is C19H28O4. The van der Waals surface area contributed by atoms with Crippen molar-refractivity contribution in [3.8, 4) is 0 Å². The molecule has 23 heavy (non-hydrogen) atoms. The van der Waals surface area contributed by atoms with E-state index in [1.54, 1.807) is 13.8 Å². The lowest BCUT2D eigenvalue weighted by Gasteiger charge is -2.25. The molecule has 4 heteroatoms. The van der Waals surface area contributed by atoms with Crippen LogP contribution < -0.4 is 0 Å². The number of esters is 2. The van der Waals surface area contributed by atoms with Crippen LogP contribution in [0.4, 0.5) is 0 Å². The molecule has 1 fully saturated rings. The van der Waals surface area contributed by atoms with E-state index in [0.29, 0.717) is 12.8 Å². The Labute approximate surface area is 138 Å². The van der Waals surface area contributed by atoms with Gasteiger partial charge in [-0.2, -0.15) is 0 Å². The van der Waals surface area contributed by atoms with Crippen molar-refractivity contribution >= 4 is 11.9 Å². The van der Waals surface area contributed by atoms with E-state index in [-0.39, 0.29) is 24.5 Å². The Morgan fingerprint density at radius 3 is 2.26 bits per heavy atom. The van der Waals surface area contributed by atoms with Gasteiger partial charge in [0.25, 0.3) is 0 Å². The lowest BCUT2D eigenvalue weighted by molar-refractivity contribution is -0.171. The topological polar surface area (TPSA) is 52.6 Å². The fraction of sp³-hybridized carbons (Fsp3) is 0.684. The van der Waals surface area contributed by atoms with Gasteiger partial charge in [0.2, 0.25) is 0 Å². The van der Waals surface area contributed by atoms with Crippen LogP contribution >= 0.6 is 0 Å². The highest BCUT2D eigenvalue weighted by Crippen LogP contribution is 2.52. The monoisotopic (exact) mass is 320 g/mol. The molecule has 0 spiro atoms. The molecule has 0 radical (unpaired) electrons. The van der Waals surface area contributed by atoms with E-state index in [2.05, 4.69) is 32.9 Å². The number of allylic oxidation sites excluding steroid dienone is 4. The summed E-state index contributed by atoms with van der Waals surface area (Å²) in [4.78, 5) is 25.2. The Morgan fingerprint density at radius 1 is 1.17 bits per heavy atom. The zero-order chi connectivity index (χ0) is 17.3. The van der Waals surface area contributed by atoms with Gasteiger partial charge in [-0.15, -0.1) is 0 Å². The second-order valence-corrected chi connectivity index (χ2v) is 7.32. The van der Waals surface area contributed by atoms with Crippen molar-refractivity contribution in [3.63, 3.8) is 0 Å². The van der Waals surface area contributed by atoms with Gasteiger partial charge >= 0.3 is 11.9 Å². The van der Waals surface area contributed by atoms with Gasteiger partial charge in [-0.1, -0.05) is 37.1 Å². The molecule has 0 aromatic heterocycles. The average Bonchev–Trinajstić information content (AvgIpc) is 2.81. The summed E-state index contributed by atoms with van der Waals surface area (Å²) < 4.78 is 10.5. The van der Waals surface area contributed by atoms with Gasteiger partial charge < -0.3 is 9.47 Å². The summed E-state index contributed by atoms with van der Waals surface area (Å²) in [5.74, 6) is -0.762. The number of carbonyl (C=O) groups excluding carboxylic acids is 2. The summed E-state index contributed by atoms with van der Waals surface area (Å²) in [6.07, 6.45) is 6.31. The van der Waals surface area contributed by atoms with E-state index in [1.165, 1.54) is 11.1 Å². The summed E-state index contributed by atoms with van der Waals surface area (Å²) in [5.41, 5.74) is 1.25. The summed E-state index contributed by atoms with van der Waals surface area (Å²) >= 11 is 0. The molecular weight excluding hydrogens is 292 g/mol.